The van der Waals surface area contributed by atoms with Crippen LogP contribution >= 0.6 is 12.2 Å². The summed E-state index contributed by atoms with van der Waals surface area (Å²) in [5.74, 6) is -0.0945. The van der Waals surface area contributed by atoms with Gasteiger partial charge in [0, 0.05) is 16.8 Å². The Morgan fingerprint density at radius 1 is 1.29 bits per heavy atom. The van der Waals surface area contributed by atoms with Gasteiger partial charge in [0.2, 0.25) is 0 Å². The molecule has 0 fully saturated rings. The summed E-state index contributed by atoms with van der Waals surface area (Å²) < 4.78 is 0.354. The standard InChI is InChI=1S/C17H14N2OS/c1-11-16(12(2)20)14(15(10-18)17(21)19-11)9-8-13-6-4-3-5-7-13/h3-9H,1-2H3,(H,19,21)/b9-8+. The van der Waals surface area contributed by atoms with Crippen LogP contribution in [-0.2, 0) is 0 Å². The van der Waals surface area contributed by atoms with Gasteiger partial charge in [0.05, 0.1) is 5.56 Å². The molecule has 0 aliphatic heterocycles. The van der Waals surface area contributed by atoms with Gasteiger partial charge in [-0.1, -0.05) is 54.7 Å². The van der Waals surface area contributed by atoms with Gasteiger partial charge in [-0.25, -0.2) is 0 Å². The highest BCUT2D eigenvalue weighted by Gasteiger charge is 2.15. The van der Waals surface area contributed by atoms with E-state index < -0.39 is 0 Å². The van der Waals surface area contributed by atoms with Crippen molar-refractivity contribution in [3.8, 4) is 6.07 Å². The first-order valence-corrected chi connectivity index (χ1v) is 6.86. The van der Waals surface area contributed by atoms with Gasteiger partial charge < -0.3 is 4.98 Å². The number of pyridine rings is 1. The summed E-state index contributed by atoms with van der Waals surface area (Å²) >= 11 is 5.18. The number of aryl methyl sites for hydroxylation is 1. The van der Waals surface area contributed by atoms with E-state index in [0.717, 1.165) is 5.56 Å². The number of benzene rings is 1. The molecule has 1 N–H and O–H groups in total. The largest absolute Gasteiger partial charge is 0.349 e. The third-order valence-electron chi connectivity index (χ3n) is 3.15. The van der Waals surface area contributed by atoms with Gasteiger partial charge in [0.1, 0.15) is 10.7 Å². The van der Waals surface area contributed by atoms with Gasteiger partial charge in [0.15, 0.2) is 5.78 Å². The Labute approximate surface area is 128 Å². The van der Waals surface area contributed by atoms with Crippen molar-refractivity contribution >= 4 is 30.2 Å². The Hall–Kier alpha value is -2.51. The molecule has 3 nitrogen and oxygen atoms in total. The quantitative estimate of drug-likeness (QED) is 0.678. The minimum absolute atomic E-state index is 0.0945. The van der Waals surface area contributed by atoms with Gasteiger partial charge >= 0.3 is 0 Å². The lowest BCUT2D eigenvalue weighted by molar-refractivity contribution is 0.101. The molecule has 0 saturated carbocycles. The summed E-state index contributed by atoms with van der Waals surface area (Å²) in [6.45, 7) is 3.27. The molecule has 1 heterocycles. The minimum atomic E-state index is -0.0945. The number of Topliss-reactive ketones (excluding diaryl/α,β-unsaturated/α-hetero) is 1. The molecule has 0 saturated heterocycles. The zero-order valence-electron chi connectivity index (χ0n) is 11.8. The van der Waals surface area contributed by atoms with Crippen LogP contribution in [0.15, 0.2) is 30.3 Å². The maximum atomic E-state index is 11.9. The van der Waals surface area contributed by atoms with E-state index in [9.17, 15) is 10.1 Å². The normalized spacial score (nSPS) is 10.5. The molecule has 0 radical (unpaired) electrons. The Bertz CT molecular complexity index is 811. The van der Waals surface area contributed by atoms with Crippen molar-refractivity contribution in [1.82, 2.24) is 4.98 Å². The molecule has 0 amide bonds. The number of aromatic nitrogens is 1. The molecule has 104 valence electrons. The van der Waals surface area contributed by atoms with E-state index in [0.29, 0.717) is 27.0 Å². The molecule has 1 aromatic carbocycles. The molecule has 0 aliphatic carbocycles. The van der Waals surface area contributed by atoms with E-state index in [1.54, 1.807) is 13.0 Å². The molecule has 4 heteroatoms. The summed E-state index contributed by atoms with van der Waals surface area (Å²) in [4.78, 5) is 14.8. The molecule has 2 rings (SSSR count). The smallest absolute Gasteiger partial charge is 0.162 e. The van der Waals surface area contributed by atoms with E-state index >= 15 is 0 Å². The number of carbonyl (C=O) groups is 1. The van der Waals surface area contributed by atoms with Crippen LogP contribution in [0.3, 0.4) is 0 Å². The number of ketones is 1. The van der Waals surface area contributed by atoms with Crippen molar-refractivity contribution in [1.29, 1.82) is 5.26 Å². The fraction of sp³-hybridized carbons (Fsp3) is 0.118. The molecule has 0 unspecified atom stereocenters. The number of aromatic amines is 1. The molecular weight excluding hydrogens is 280 g/mol. The Morgan fingerprint density at radius 3 is 2.52 bits per heavy atom. The van der Waals surface area contributed by atoms with Gasteiger partial charge in [-0.2, -0.15) is 5.26 Å². The summed E-state index contributed by atoms with van der Waals surface area (Å²) in [7, 11) is 0. The monoisotopic (exact) mass is 294 g/mol. The molecule has 0 atom stereocenters. The number of hydrogen-bond donors (Lipinski definition) is 1. The molecule has 0 spiro atoms. The van der Waals surface area contributed by atoms with Crippen LogP contribution in [-0.4, -0.2) is 10.8 Å². The number of carbonyl (C=O) groups excluding carboxylic acids is 1. The zero-order valence-corrected chi connectivity index (χ0v) is 12.6. The van der Waals surface area contributed by atoms with Gasteiger partial charge in [0.25, 0.3) is 0 Å². The zero-order chi connectivity index (χ0) is 15.4. The molecule has 0 aliphatic rings. The highest BCUT2D eigenvalue weighted by atomic mass is 32.1. The summed E-state index contributed by atoms with van der Waals surface area (Å²) in [5, 5.41) is 9.31. The van der Waals surface area contributed by atoms with Crippen LogP contribution in [0, 0.1) is 22.9 Å². The van der Waals surface area contributed by atoms with Crippen LogP contribution in [0.4, 0.5) is 0 Å². The van der Waals surface area contributed by atoms with Crippen molar-refractivity contribution in [2.45, 2.75) is 13.8 Å². The average Bonchev–Trinajstić information content (AvgIpc) is 2.45. The van der Waals surface area contributed by atoms with Crippen molar-refractivity contribution in [2.75, 3.05) is 0 Å². The predicted octanol–water partition coefficient (Wildman–Crippen LogP) is 4.30. The predicted molar refractivity (Wildman–Crippen MR) is 86.5 cm³/mol. The molecular formula is C17H14N2OS. The highest BCUT2D eigenvalue weighted by molar-refractivity contribution is 7.71. The molecule has 0 bridgehead atoms. The first-order chi connectivity index (χ1) is 10.0. The SMILES string of the molecule is CC(=O)c1c(C)[nH]c(=S)c(C#N)c1/C=C/c1ccccc1. The first-order valence-electron chi connectivity index (χ1n) is 6.45. The van der Waals surface area contributed by atoms with Gasteiger partial charge in [-0.05, 0) is 19.4 Å². The van der Waals surface area contributed by atoms with Crippen LogP contribution in [0.1, 0.15) is 39.7 Å². The van der Waals surface area contributed by atoms with Crippen molar-refractivity contribution < 1.29 is 4.79 Å². The van der Waals surface area contributed by atoms with Gasteiger partial charge in [-0.3, -0.25) is 4.79 Å². The number of H-pyrrole nitrogens is 1. The first kappa shape index (κ1) is 14.9. The summed E-state index contributed by atoms with van der Waals surface area (Å²) in [5.41, 5.74) is 3.09. The minimum Gasteiger partial charge on any atom is -0.349 e. The van der Waals surface area contributed by atoms with Crippen LogP contribution in [0.5, 0.6) is 0 Å². The van der Waals surface area contributed by atoms with E-state index in [2.05, 4.69) is 11.1 Å². The number of hydrogen-bond acceptors (Lipinski definition) is 3. The Morgan fingerprint density at radius 2 is 1.95 bits per heavy atom. The number of nitrogens with zero attached hydrogens (tertiary/aromatic N) is 1. The maximum Gasteiger partial charge on any atom is 0.162 e. The van der Waals surface area contributed by atoms with Crippen molar-refractivity contribution in [3.05, 3.63) is 62.9 Å². The van der Waals surface area contributed by atoms with Crippen molar-refractivity contribution in [3.63, 3.8) is 0 Å². The van der Waals surface area contributed by atoms with E-state index in [-0.39, 0.29) is 5.78 Å². The van der Waals surface area contributed by atoms with Gasteiger partial charge in [-0.15, -0.1) is 0 Å². The Kier molecular flexibility index (Phi) is 4.46. The molecule has 2 aromatic rings. The van der Waals surface area contributed by atoms with Crippen LogP contribution in [0.2, 0.25) is 0 Å². The highest BCUT2D eigenvalue weighted by Crippen LogP contribution is 2.21. The molecule has 21 heavy (non-hydrogen) atoms. The second-order valence-corrected chi connectivity index (χ2v) is 5.06. The summed E-state index contributed by atoms with van der Waals surface area (Å²) in [6.07, 6.45) is 3.65. The Balaban J connectivity index is 2.67. The topological polar surface area (TPSA) is 56.6 Å². The second-order valence-electron chi connectivity index (χ2n) is 4.65. The fourth-order valence-electron chi connectivity index (χ4n) is 2.22. The third-order valence-corrected chi connectivity index (χ3v) is 3.45. The average molecular weight is 294 g/mol. The lowest BCUT2D eigenvalue weighted by Gasteiger charge is -2.09. The molecule has 1 aromatic heterocycles. The van der Waals surface area contributed by atoms with Crippen LogP contribution < -0.4 is 0 Å². The second kappa shape index (κ2) is 6.29. The number of nitrogens with one attached hydrogen (secondary N) is 1. The summed E-state index contributed by atoms with van der Waals surface area (Å²) in [6, 6.07) is 11.8. The lowest BCUT2D eigenvalue weighted by Crippen LogP contribution is -2.05. The third kappa shape index (κ3) is 3.15. The maximum absolute atomic E-state index is 11.9. The fourth-order valence-corrected chi connectivity index (χ4v) is 2.53. The van der Waals surface area contributed by atoms with E-state index in [4.69, 9.17) is 12.2 Å². The van der Waals surface area contributed by atoms with Crippen molar-refractivity contribution in [2.24, 2.45) is 0 Å². The van der Waals surface area contributed by atoms with Crippen LogP contribution in [0.25, 0.3) is 12.2 Å². The number of nitriles is 1. The number of rotatable bonds is 3. The lowest BCUT2D eigenvalue weighted by atomic mass is 9.98. The van der Waals surface area contributed by atoms with E-state index in [1.165, 1.54) is 6.92 Å². The van der Waals surface area contributed by atoms with E-state index in [1.807, 2.05) is 36.4 Å².